The molecule has 0 spiro atoms. The number of hydrogen-bond acceptors (Lipinski definition) is 6. The maximum Gasteiger partial charge on any atom is 0.407 e. The van der Waals surface area contributed by atoms with Gasteiger partial charge in [-0.1, -0.05) is 65.8 Å². The number of nitrogens with one attached hydrogen (secondary N) is 2. The third-order valence-electron chi connectivity index (χ3n) is 5.36. The van der Waals surface area contributed by atoms with Crippen molar-refractivity contribution in [3.05, 3.63) is 82.2 Å². The van der Waals surface area contributed by atoms with Crippen LogP contribution in [0.1, 0.15) is 52.7 Å². The molecule has 3 N–H and O–H groups in total. The third-order valence-corrected chi connectivity index (χ3v) is 5.36. The summed E-state index contributed by atoms with van der Waals surface area (Å²) in [6.45, 7) is 10.4. The molecule has 0 aliphatic heterocycles. The van der Waals surface area contributed by atoms with Gasteiger partial charge in [-0.3, -0.25) is 0 Å². The molecule has 0 saturated heterocycles. The van der Waals surface area contributed by atoms with Gasteiger partial charge in [0.25, 0.3) is 0 Å². The second kappa shape index (κ2) is 13.7. The number of aliphatic hydroxyl groups excluding tert-OH is 1. The summed E-state index contributed by atoms with van der Waals surface area (Å²) in [5.74, 6) is 0. The van der Waals surface area contributed by atoms with E-state index in [1.54, 1.807) is 41.5 Å². The highest BCUT2D eigenvalue weighted by Gasteiger charge is 2.36. The van der Waals surface area contributed by atoms with E-state index in [1.165, 1.54) is 0 Å². The van der Waals surface area contributed by atoms with Crippen LogP contribution in [0.3, 0.4) is 0 Å². The van der Waals surface area contributed by atoms with Gasteiger partial charge in [-0.25, -0.2) is 9.59 Å². The molecule has 38 heavy (non-hydrogen) atoms. The highest BCUT2D eigenvalue weighted by atomic mass is 16.6. The Labute approximate surface area is 224 Å². The lowest BCUT2D eigenvalue weighted by molar-refractivity contribution is 0.0324. The lowest BCUT2D eigenvalue weighted by Crippen LogP contribution is -2.57. The Balaban J connectivity index is 2.43. The monoisotopic (exact) mass is 525 g/mol. The molecule has 0 aromatic heterocycles. The second-order valence-electron chi connectivity index (χ2n) is 11.1. The topological polar surface area (TPSA) is 146 Å². The molecule has 0 heterocycles. The molecule has 10 heteroatoms. The van der Waals surface area contributed by atoms with Gasteiger partial charge in [-0.15, -0.1) is 0 Å². The van der Waals surface area contributed by atoms with E-state index in [-0.39, 0.29) is 12.8 Å². The molecule has 0 bridgehead atoms. The maximum absolute atomic E-state index is 12.7. The predicted molar refractivity (Wildman–Crippen MR) is 146 cm³/mol. The Morgan fingerprint density at radius 2 is 1.21 bits per heavy atom. The van der Waals surface area contributed by atoms with E-state index in [4.69, 9.17) is 9.47 Å². The third kappa shape index (κ3) is 11.1. The van der Waals surface area contributed by atoms with Gasteiger partial charge in [0.1, 0.15) is 11.2 Å². The average Bonchev–Trinajstić information content (AvgIpc) is 2.80. The number of carbonyl (C=O) groups is 2. The molecular weight excluding hydrogens is 486 g/mol. The van der Waals surface area contributed by atoms with Crippen molar-refractivity contribution in [3.63, 3.8) is 0 Å². The fourth-order valence-corrected chi connectivity index (χ4v) is 3.85. The van der Waals surface area contributed by atoms with Gasteiger partial charge in [0.2, 0.25) is 0 Å². The molecule has 10 nitrogen and oxygen atoms in total. The molecule has 4 unspecified atom stereocenters. The number of amides is 2. The molecule has 0 fully saturated rings. The number of rotatable bonds is 10. The molecule has 2 aromatic rings. The van der Waals surface area contributed by atoms with Gasteiger partial charge in [0.05, 0.1) is 18.2 Å². The summed E-state index contributed by atoms with van der Waals surface area (Å²) in [6, 6.07) is 15.7. The van der Waals surface area contributed by atoms with Crippen LogP contribution >= 0.6 is 0 Å². The Morgan fingerprint density at radius 1 is 0.816 bits per heavy atom. The minimum Gasteiger partial charge on any atom is -0.444 e. The number of hydrogen-bond donors (Lipinski definition) is 3. The minimum atomic E-state index is -1.39. The summed E-state index contributed by atoms with van der Waals surface area (Å²) < 4.78 is 10.9. The number of benzene rings is 2. The summed E-state index contributed by atoms with van der Waals surface area (Å²) in [5.41, 5.74) is 9.58. The zero-order valence-corrected chi connectivity index (χ0v) is 22.9. The Kier molecular flexibility index (Phi) is 11.0. The van der Waals surface area contributed by atoms with Crippen LogP contribution in [0.5, 0.6) is 0 Å². The summed E-state index contributed by atoms with van der Waals surface area (Å²) >= 11 is 0. The van der Waals surface area contributed by atoms with Gasteiger partial charge < -0.3 is 25.2 Å². The average molecular weight is 526 g/mol. The molecule has 2 aromatic carbocycles. The molecule has 2 rings (SSSR count). The van der Waals surface area contributed by atoms with Crippen molar-refractivity contribution < 1.29 is 24.2 Å². The number of azide groups is 1. The van der Waals surface area contributed by atoms with Crippen molar-refractivity contribution >= 4 is 12.2 Å². The fourth-order valence-electron chi connectivity index (χ4n) is 3.85. The van der Waals surface area contributed by atoms with Crippen molar-refractivity contribution in [2.24, 2.45) is 5.11 Å². The summed E-state index contributed by atoms with van der Waals surface area (Å²) in [6.07, 6.45) is -2.36. The first kappa shape index (κ1) is 30.5. The quantitative estimate of drug-likeness (QED) is 0.219. The first-order valence-corrected chi connectivity index (χ1v) is 12.6. The van der Waals surface area contributed by atoms with Crippen LogP contribution in [-0.2, 0) is 22.3 Å². The van der Waals surface area contributed by atoms with E-state index in [0.29, 0.717) is 0 Å². The predicted octanol–water partition coefficient (Wildman–Crippen LogP) is 5.30. The molecule has 206 valence electrons. The number of nitrogens with zero attached hydrogens (tertiary/aromatic N) is 3. The SMILES string of the molecule is CC(C)(C)OC(=O)NC(Cc1ccccc1)C(O)C(N=[N+]=[N-])C(Cc1ccccc1)NC(=O)OC(C)(C)C. The van der Waals surface area contributed by atoms with Gasteiger partial charge in [-0.2, -0.15) is 0 Å². The molecule has 4 atom stereocenters. The number of carbonyl (C=O) groups excluding carboxylic acids is 2. The van der Waals surface area contributed by atoms with E-state index in [2.05, 4.69) is 20.7 Å². The summed E-state index contributed by atoms with van der Waals surface area (Å²) in [5, 5.41) is 21.0. The molecular formula is C28H39N5O5. The van der Waals surface area contributed by atoms with E-state index in [0.717, 1.165) is 11.1 Å². The lowest BCUT2D eigenvalue weighted by atomic mass is 9.90. The van der Waals surface area contributed by atoms with Gasteiger partial charge in [0.15, 0.2) is 0 Å². The van der Waals surface area contributed by atoms with Crippen molar-refractivity contribution in [1.82, 2.24) is 10.6 Å². The van der Waals surface area contributed by atoms with Crippen molar-refractivity contribution in [2.75, 3.05) is 0 Å². The molecule has 0 aliphatic rings. The number of alkyl carbamates (subject to hydrolysis) is 2. The second-order valence-corrected chi connectivity index (χ2v) is 11.1. The molecule has 2 amide bonds. The maximum atomic E-state index is 12.7. The summed E-state index contributed by atoms with van der Waals surface area (Å²) in [4.78, 5) is 28.4. The van der Waals surface area contributed by atoms with Crippen molar-refractivity contribution in [3.8, 4) is 0 Å². The molecule has 0 aliphatic carbocycles. The van der Waals surface area contributed by atoms with Crippen LogP contribution in [0.15, 0.2) is 65.8 Å². The van der Waals surface area contributed by atoms with Gasteiger partial charge in [0, 0.05) is 11.0 Å². The Bertz CT molecular complexity index is 1080. The first-order valence-electron chi connectivity index (χ1n) is 12.6. The van der Waals surface area contributed by atoms with Crippen LogP contribution in [0.25, 0.3) is 10.4 Å². The smallest absolute Gasteiger partial charge is 0.407 e. The molecule has 0 radical (unpaired) electrons. The van der Waals surface area contributed by atoms with E-state index < -0.39 is 47.6 Å². The minimum absolute atomic E-state index is 0.225. The van der Waals surface area contributed by atoms with Crippen molar-refractivity contribution in [2.45, 2.75) is 89.8 Å². The lowest BCUT2D eigenvalue weighted by Gasteiger charge is -2.34. The first-order chi connectivity index (χ1) is 17.8. The normalized spacial score (nSPS) is 14.7. The Hall–Kier alpha value is -3.75. The highest BCUT2D eigenvalue weighted by Crippen LogP contribution is 2.19. The van der Waals surface area contributed by atoms with Gasteiger partial charge >= 0.3 is 12.2 Å². The number of ether oxygens (including phenoxy) is 2. The largest absolute Gasteiger partial charge is 0.444 e. The zero-order chi connectivity index (χ0) is 28.3. The van der Waals surface area contributed by atoms with Gasteiger partial charge in [-0.05, 0) is 71.0 Å². The fraction of sp³-hybridized carbons (Fsp3) is 0.500. The van der Waals surface area contributed by atoms with Crippen LogP contribution in [-0.4, -0.2) is 52.7 Å². The Morgan fingerprint density at radius 3 is 1.61 bits per heavy atom. The summed E-state index contributed by atoms with van der Waals surface area (Å²) in [7, 11) is 0. The highest BCUT2D eigenvalue weighted by molar-refractivity contribution is 5.69. The van der Waals surface area contributed by atoms with E-state index >= 15 is 0 Å². The molecule has 0 saturated carbocycles. The van der Waals surface area contributed by atoms with E-state index in [9.17, 15) is 20.2 Å². The zero-order valence-electron chi connectivity index (χ0n) is 22.9. The van der Waals surface area contributed by atoms with Crippen molar-refractivity contribution in [1.29, 1.82) is 0 Å². The van der Waals surface area contributed by atoms with Crippen LogP contribution < -0.4 is 10.6 Å². The van der Waals surface area contributed by atoms with Crippen LogP contribution in [0, 0.1) is 0 Å². The standard InChI is InChI=1S/C28H39N5O5/c1-27(2,3)37-25(35)30-21(17-19-13-9-7-10-14-19)23(32-33-29)24(34)22(18-20-15-11-8-12-16-20)31-26(36)38-28(4,5)6/h7-16,21-24,34H,17-18H2,1-6H3,(H,30,35)(H,31,36). The van der Waals surface area contributed by atoms with E-state index in [1.807, 2.05) is 60.7 Å². The van der Waals surface area contributed by atoms with Crippen LogP contribution in [0.2, 0.25) is 0 Å². The van der Waals surface area contributed by atoms with Crippen LogP contribution in [0.4, 0.5) is 9.59 Å². The number of aliphatic hydroxyl groups is 1.